The topological polar surface area (TPSA) is 111 Å². The first-order chi connectivity index (χ1) is 15.4. The third-order valence-electron chi connectivity index (χ3n) is 6.98. The summed E-state index contributed by atoms with van der Waals surface area (Å²) in [7, 11) is 0. The molecule has 34 heavy (non-hydrogen) atoms. The van der Waals surface area contributed by atoms with Gasteiger partial charge in [0.05, 0.1) is 5.97 Å². The highest BCUT2D eigenvalue weighted by Crippen LogP contribution is 2.37. The summed E-state index contributed by atoms with van der Waals surface area (Å²) in [5.74, 6) is -2.03. The molecular formula is C26H48N4O4-2. The molecule has 8 nitrogen and oxygen atoms in total. The van der Waals surface area contributed by atoms with Gasteiger partial charge in [0.25, 0.3) is 0 Å². The standard InChI is InChI=1S/C26H50N4O4/c1-22(2)16-29(17-23(3,4)27-22)26(21(33)34,15-13-11-9-10-12-14-20(31)32)30-18-24(5,6)28-25(7,8)19-30/h27-28H,9-19H2,1-8H3,(H,31,32)(H,33,34)/p-2. The molecule has 0 bridgehead atoms. The molecule has 0 aromatic rings. The molecule has 2 rings (SSSR count). The predicted octanol–water partition coefficient (Wildman–Crippen LogP) is 0.838. The number of aliphatic carboxylic acids is 2. The van der Waals surface area contributed by atoms with Crippen LogP contribution in [-0.2, 0) is 9.59 Å². The normalized spacial score (nSPS) is 24.6. The molecule has 0 amide bonds. The number of carboxylic acids is 2. The van der Waals surface area contributed by atoms with E-state index >= 15 is 0 Å². The van der Waals surface area contributed by atoms with Crippen LogP contribution in [0.5, 0.6) is 0 Å². The van der Waals surface area contributed by atoms with Crippen molar-refractivity contribution in [3.8, 4) is 0 Å². The molecule has 0 aromatic carbocycles. The second-order valence-electron chi connectivity index (χ2n) is 13.2. The largest absolute Gasteiger partial charge is 0.550 e. The van der Waals surface area contributed by atoms with E-state index in [0.29, 0.717) is 39.0 Å². The molecule has 198 valence electrons. The number of hydrogen-bond acceptors (Lipinski definition) is 8. The first kappa shape index (κ1) is 29.0. The minimum atomic E-state index is -1.21. The SMILES string of the molecule is CC1(C)CN(C(CCCCCCCC(=O)[O-])(C(=O)[O-])N2CC(C)(C)NC(C)(C)C2)CC(C)(C)N1. The van der Waals surface area contributed by atoms with Gasteiger partial charge in [-0.15, -0.1) is 0 Å². The second-order valence-corrected chi connectivity index (χ2v) is 13.2. The van der Waals surface area contributed by atoms with Gasteiger partial charge < -0.3 is 30.4 Å². The van der Waals surface area contributed by atoms with Crippen LogP contribution in [0, 0.1) is 0 Å². The highest BCUT2D eigenvalue weighted by Gasteiger charge is 2.53. The molecule has 0 saturated carbocycles. The lowest BCUT2D eigenvalue weighted by atomic mass is 9.83. The number of carbonyl (C=O) groups is 2. The van der Waals surface area contributed by atoms with Crippen LogP contribution in [0.4, 0.5) is 0 Å². The summed E-state index contributed by atoms with van der Waals surface area (Å²) < 4.78 is 0. The van der Waals surface area contributed by atoms with Crippen molar-refractivity contribution in [1.82, 2.24) is 20.4 Å². The van der Waals surface area contributed by atoms with Gasteiger partial charge in [0.1, 0.15) is 5.66 Å². The molecule has 2 aliphatic rings. The predicted molar refractivity (Wildman–Crippen MR) is 131 cm³/mol. The van der Waals surface area contributed by atoms with Gasteiger partial charge in [0.2, 0.25) is 0 Å². The van der Waals surface area contributed by atoms with E-state index in [4.69, 9.17) is 0 Å². The molecule has 0 aliphatic carbocycles. The van der Waals surface area contributed by atoms with Gasteiger partial charge in [-0.1, -0.05) is 19.3 Å². The Morgan fingerprint density at radius 3 is 1.38 bits per heavy atom. The summed E-state index contributed by atoms with van der Waals surface area (Å²) in [6.45, 7) is 19.5. The van der Waals surface area contributed by atoms with E-state index in [1.165, 1.54) is 0 Å². The zero-order valence-electron chi connectivity index (χ0n) is 22.8. The highest BCUT2D eigenvalue weighted by molar-refractivity contribution is 5.76. The number of carbonyl (C=O) groups excluding carboxylic acids is 2. The zero-order chi connectivity index (χ0) is 26.0. The maximum atomic E-state index is 13.2. The Labute approximate surface area is 206 Å². The lowest BCUT2D eigenvalue weighted by molar-refractivity contribution is -0.333. The zero-order valence-corrected chi connectivity index (χ0v) is 22.8. The molecule has 0 unspecified atom stereocenters. The van der Waals surface area contributed by atoms with E-state index < -0.39 is 17.6 Å². The monoisotopic (exact) mass is 480 g/mol. The Morgan fingerprint density at radius 1 is 0.676 bits per heavy atom. The highest BCUT2D eigenvalue weighted by atomic mass is 16.4. The Kier molecular flexibility index (Phi) is 8.88. The number of nitrogens with zero attached hydrogens (tertiary/aromatic N) is 2. The van der Waals surface area contributed by atoms with Crippen molar-refractivity contribution < 1.29 is 19.8 Å². The summed E-state index contributed by atoms with van der Waals surface area (Å²) in [6.07, 6.45) is 4.47. The van der Waals surface area contributed by atoms with E-state index in [0.717, 1.165) is 25.7 Å². The number of unbranched alkanes of at least 4 members (excludes halogenated alkanes) is 4. The van der Waals surface area contributed by atoms with E-state index in [9.17, 15) is 19.8 Å². The minimum absolute atomic E-state index is 0.0822. The Balaban J connectivity index is 2.34. The maximum Gasteiger partial charge on any atom is 0.115 e. The molecule has 2 aliphatic heterocycles. The van der Waals surface area contributed by atoms with Gasteiger partial charge in [-0.05, 0) is 81.1 Å². The van der Waals surface area contributed by atoms with Gasteiger partial charge in [-0.25, -0.2) is 0 Å². The Hall–Kier alpha value is -1.22. The van der Waals surface area contributed by atoms with Gasteiger partial charge in [0, 0.05) is 54.3 Å². The van der Waals surface area contributed by atoms with E-state index in [1.54, 1.807) is 0 Å². The van der Waals surface area contributed by atoms with E-state index in [2.05, 4.69) is 75.8 Å². The fraction of sp³-hybridized carbons (Fsp3) is 0.923. The fourth-order valence-electron chi connectivity index (χ4n) is 6.58. The molecular weight excluding hydrogens is 432 g/mol. The summed E-state index contributed by atoms with van der Waals surface area (Å²) >= 11 is 0. The number of rotatable bonds is 11. The second kappa shape index (κ2) is 10.4. The van der Waals surface area contributed by atoms with Crippen LogP contribution >= 0.6 is 0 Å². The summed E-state index contributed by atoms with van der Waals surface area (Å²) in [5.41, 5.74) is -2.18. The lowest BCUT2D eigenvalue weighted by Gasteiger charge is -2.62. The van der Waals surface area contributed by atoms with Gasteiger partial charge in [-0.3, -0.25) is 9.80 Å². The molecule has 0 radical (unpaired) electrons. The van der Waals surface area contributed by atoms with Crippen molar-refractivity contribution in [1.29, 1.82) is 0 Å². The van der Waals surface area contributed by atoms with Crippen LogP contribution in [0.3, 0.4) is 0 Å². The fourth-order valence-corrected chi connectivity index (χ4v) is 6.58. The van der Waals surface area contributed by atoms with Crippen molar-refractivity contribution in [3.05, 3.63) is 0 Å². The van der Waals surface area contributed by atoms with Crippen molar-refractivity contribution >= 4 is 11.9 Å². The summed E-state index contributed by atoms with van der Waals surface area (Å²) in [4.78, 5) is 28.2. The van der Waals surface area contributed by atoms with E-state index in [1.807, 2.05) is 0 Å². The van der Waals surface area contributed by atoms with Gasteiger partial charge in [0.15, 0.2) is 0 Å². The number of nitrogens with one attached hydrogen (secondary N) is 2. The third kappa shape index (κ3) is 7.64. The van der Waals surface area contributed by atoms with Crippen LogP contribution < -0.4 is 20.8 Å². The summed E-state index contributed by atoms with van der Waals surface area (Å²) in [6, 6.07) is 0. The molecule has 2 N–H and O–H groups in total. The smallest absolute Gasteiger partial charge is 0.115 e. The maximum absolute atomic E-state index is 13.2. The average Bonchev–Trinajstić information content (AvgIpc) is 2.58. The number of carboxylic acid groups (broad SMARTS) is 2. The number of hydrogen-bond donors (Lipinski definition) is 2. The van der Waals surface area contributed by atoms with Crippen LogP contribution in [-0.4, -0.2) is 75.7 Å². The van der Waals surface area contributed by atoms with E-state index in [-0.39, 0.29) is 28.6 Å². The average molecular weight is 481 g/mol. The molecule has 2 heterocycles. The summed E-state index contributed by atoms with van der Waals surface area (Å²) in [5, 5.41) is 31.2. The van der Waals surface area contributed by atoms with Crippen LogP contribution in [0.15, 0.2) is 0 Å². The lowest BCUT2D eigenvalue weighted by Crippen LogP contribution is -2.81. The molecule has 8 heteroatoms. The number of piperazine rings is 2. The first-order valence-corrected chi connectivity index (χ1v) is 12.9. The molecule has 0 atom stereocenters. The minimum Gasteiger partial charge on any atom is -0.550 e. The first-order valence-electron chi connectivity index (χ1n) is 12.9. The molecule has 2 saturated heterocycles. The van der Waals surface area contributed by atoms with Crippen LogP contribution in [0.25, 0.3) is 0 Å². The van der Waals surface area contributed by atoms with Gasteiger partial charge >= 0.3 is 0 Å². The van der Waals surface area contributed by atoms with Gasteiger partial charge in [-0.2, -0.15) is 0 Å². The van der Waals surface area contributed by atoms with Crippen molar-refractivity contribution in [2.75, 3.05) is 26.2 Å². The molecule has 0 aromatic heterocycles. The molecule has 2 fully saturated rings. The van der Waals surface area contributed by atoms with Crippen molar-refractivity contribution in [3.63, 3.8) is 0 Å². The quantitative estimate of drug-likeness (QED) is 0.419. The Bertz CT molecular complexity index is 662. The molecule has 0 spiro atoms. The third-order valence-corrected chi connectivity index (χ3v) is 6.98. The van der Waals surface area contributed by atoms with Crippen molar-refractivity contribution in [2.24, 2.45) is 0 Å². The van der Waals surface area contributed by atoms with Crippen LogP contribution in [0.2, 0.25) is 0 Å². The van der Waals surface area contributed by atoms with Crippen LogP contribution in [0.1, 0.15) is 100 Å². The Morgan fingerprint density at radius 2 is 1.03 bits per heavy atom. The van der Waals surface area contributed by atoms with Crippen molar-refractivity contribution in [2.45, 2.75) is 128 Å².